The van der Waals surface area contributed by atoms with Gasteiger partial charge in [-0.3, -0.25) is 0 Å². The van der Waals surface area contributed by atoms with Crippen LogP contribution < -0.4 is 5.73 Å². The lowest BCUT2D eigenvalue weighted by atomic mass is 10.2. The molecule has 1 unspecified atom stereocenters. The largest absolute Gasteiger partial charge is 0.325 e. The first-order valence-corrected chi connectivity index (χ1v) is 4.64. The Hall–Kier alpha value is -1.29. The molecular weight excluding hydrogens is 178 g/mol. The number of hydrogen-bond donors (Lipinski definition) is 1. The molecule has 14 heavy (non-hydrogen) atoms. The molecule has 0 aromatic carbocycles. The summed E-state index contributed by atoms with van der Waals surface area (Å²) >= 11 is 0. The highest BCUT2D eigenvalue weighted by molar-refractivity contribution is 5.76. The highest BCUT2D eigenvalue weighted by Gasteiger charge is 2.23. The van der Waals surface area contributed by atoms with Crippen molar-refractivity contribution in [2.24, 2.45) is 5.73 Å². The van der Waals surface area contributed by atoms with E-state index in [1.165, 1.54) is 4.90 Å². The zero-order chi connectivity index (χ0) is 10.7. The Kier molecular flexibility index (Phi) is 3.30. The second-order valence-corrected chi connectivity index (χ2v) is 3.63. The van der Waals surface area contributed by atoms with E-state index in [-0.39, 0.29) is 12.2 Å². The first kappa shape index (κ1) is 10.8. The van der Waals surface area contributed by atoms with Crippen molar-refractivity contribution >= 4 is 6.03 Å². The van der Waals surface area contributed by atoms with Crippen LogP contribution in [-0.4, -0.2) is 35.6 Å². The molecular formula is C10H17N3O. The lowest BCUT2D eigenvalue weighted by Gasteiger charge is -2.32. The first-order chi connectivity index (χ1) is 6.52. The van der Waals surface area contributed by atoms with Crippen molar-refractivity contribution in [2.45, 2.75) is 19.5 Å². The van der Waals surface area contributed by atoms with Crippen LogP contribution in [0.5, 0.6) is 0 Å². The highest BCUT2D eigenvalue weighted by atomic mass is 16.2. The summed E-state index contributed by atoms with van der Waals surface area (Å²) in [7, 11) is 1.70. The lowest BCUT2D eigenvalue weighted by Crippen LogP contribution is -2.50. The minimum absolute atomic E-state index is 0.0544. The zero-order valence-corrected chi connectivity index (χ0v) is 8.73. The molecule has 1 atom stereocenters. The SMILES string of the molecule is C=C(C)CCN1C=CC(N)N(C)C1=O. The van der Waals surface area contributed by atoms with Gasteiger partial charge in [0.15, 0.2) is 0 Å². The highest BCUT2D eigenvalue weighted by Crippen LogP contribution is 2.10. The van der Waals surface area contributed by atoms with E-state index in [0.29, 0.717) is 6.54 Å². The summed E-state index contributed by atoms with van der Waals surface area (Å²) in [5.74, 6) is 0. The number of carbonyl (C=O) groups excluding carboxylic acids is 1. The summed E-state index contributed by atoms with van der Waals surface area (Å²) in [6, 6.07) is -0.0544. The van der Waals surface area contributed by atoms with E-state index >= 15 is 0 Å². The number of hydrogen-bond acceptors (Lipinski definition) is 2. The summed E-state index contributed by atoms with van der Waals surface area (Å²) in [4.78, 5) is 14.8. The molecule has 4 nitrogen and oxygen atoms in total. The number of likely N-dealkylation sites (N-methyl/N-ethyl adjacent to an activating group) is 1. The second kappa shape index (κ2) is 4.28. The van der Waals surface area contributed by atoms with Gasteiger partial charge in [-0.15, -0.1) is 6.58 Å². The van der Waals surface area contributed by atoms with Crippen LogP contribution in [0.15, 0.2) is 24.4 Å². The van der Waals surface area contributed by atoms with Crippen LogP contribution in [0.25, 0.3) is 0 Å². The van der Waals surface area contributed by atoms with Gasteiger partial charge in [-0.05, 0) is 19.4 Å². The van der Waals surface area contributed by atoms with Gasteiger partial charge in [0.1, 0.15) is 6.17 Å². The van der Waals surface area contributed by atoms with Crippen molar-refractivity contribution in [3.8, 4) is 0 Å². The average molecular weight is 195 g/mol. The molecule has 1 aliphatic rings. The Morgan fingerprint density at radius 2 is 2.36 bits per heavy atom. The molecule has 0 aromatic rings. The quantitative estimate of drug-likeness (QED) is 0.686. The molecule has 78 valence electrons. The molecule has 1 aliphatic heterocycles. The Morgan fingerprint density at radius 3 is 2.93 bits per heavy atom. The predicted octanol–water partition coefficient (Wildman–Crippen LogP) is 1.12. The maximum Gasteiger partial charge on any atom is 0.325 e. The number of amides is 2. The molecule has 0 fully saturated rings. The van der Waals surface area contributed by atoms with Crippen LogP contribution in [0.4, 0.5) is 4.79 Å². The summed E-state index contributed by atoms with van der Waals surface area (Å²) in [6.45, 7) is 6.42. The summed E-state index contributed by atoms with van der Waals surface area (Å²) in [5, 5.41) is 0. The number of rotatable bonds is 3. The van der Waals surface area contributed by atoms with Crippen LogP contribution >= 0.6 is 0 Å². The van der Waals surface area contributed by atoms with Crippen LogP contribution in [0.1, 0.15) is 13.3 Å². The molecule has 1 rings (SSSR count). The molecule has 2 amide bonds. The average Bonchev–Trinajstić information content (AvgIpc) is 2.13. The zero-order valence-electron chi connectivity index (χ0n) is 8.73. The van der Waals surface area contributed by atoms with Gasteiger partial charge in [0.2, 0.25) is 0 Å². The van der Waals surface area contributed by atoms with Crippen molar-refractivity contribution in [1.82, 2.24) is 9.80 Å². The number of carbonyl (C=O) groups is 1. The molecule has 0 saturated carbocycles. The fraction of sp³-hybridized carbons (Fsp3) is 0.500. The standard InChI is InChI=1S/C10H17N3O/c1-8(2)4-6-13-7-5-9(11)12(3)10(13)14/h5,7,9H,1,4,6,11H2,2-3H3. The second-order valence-electron chi connectivity index (χ2n) is 3.63. The minimum atomic E-state index is -0.302. The third kappa shape index (κ3) is 2.35. The van der Waals surface area contributed by atoms with Gasteiger partial charge in [-0.2, -0.15) is 0 Å². The third-order valence-electron chi connectivity index (χ3n) is 2.24. The maximum atomic E-state index is 11.6. The molecule has 4 heteroatoms. The molecule has 0 aromatic heterocycles. The van der Waals surface area contributed by atoms with Crippen molar-refractivity contribution in [3.63, 3.8) is 0 Å². The normalized spacial score (nSPS) is 21.6. The van der Waals surface area contributed by atoms with Crippen LogP contribution in [0.3, 0.4) is 0 Å². The first-order valence-electron chi connectivity index (χ1n) is 4.64. The predicted molar refractivity (Wildman–Crippen MR) is 56.4 cm³/mol. The van der Waals surface area contributed by atoms with Gasteiger partial charge in [0.05, 0.1) is 0 Å². The van der Waals surface area contributed by atoms with Gasteiger partial charge in [-0.25, -0.2) is 4.79 Å². The van der Waals surface area contributed by atoms with Gasteiger partial charge < -0.3 is 15.5 Å². The fourth-order valence-electron chi connectivity index (χ4n) is 1.20. The maximum absolute atomic E-state index is 11.6. The topological polar surface area (TPSA) is 49.6 Å². The Balaban J connectivity index is 2.58. The Morgan fingerprint density at radius 1 is 1.71 bits per heavy atom. The summed E-state index contributed by atoms with van der Waals surface area (Å²) < 4.78 is 0. The van der Waals surface area contributed by atoms with Crippen LogP contribution in [-0.2, 0) is 0 Å². The third-order valence-corrected chi connectivity index (χ3v) is 2.24. The van der Waals surface area contributed by atoms with Gasteiger partial charge in [0.25, 0.3) is 0 Å². The van der Waals surface area contributed by atoms with E-state index < -0.39 is 0 Å². The molecule has 1 heterocycles. The van der Waals surface area contributed by atoms with E-state index in [4.69, 9.17) is 5.73 Å². The smallest absolute Gasteiger partial charge is 0.308 e. The lowest BCUT2D eigenvalue weighted by molar-refractivity contribution is 0.164. The fourth-order valence-corrected chi connectivity index (χ4v) is 1.20. The monoisotopic (exact) mass is 195 g/mol. The van der Waals surface area contributed by atoms with Gasteiger partial charge in [-0.1, -0.05) is 5.57 Å². The van der Waals surface area contributed by atoms with Crippen molar-refractivity contribution in [3.05, 3.63) is 24.4 Å². The molecule has 2 N–H and O–H groups in total. The molecule has 0 radical (unpaired) electrons. The van der Waals surface area contributed by atoms with E-state index in [0.717, 1.165) is 12.0 Å². The molecule has 0 spiro atoms. The van der Waals surface area contributed by atoms with E-state index in [1.807, 2.05) is 6.92 Å². The number of nitrogens with two attached hydrogens (primary N) is 1. The van der Waals surface area contributed by atoms with E-state index in [9.17, 15) is 4.79 Å². The van der Waals surface area contributed by atoms with Gasteiger partial charge in [0, 0.05) is 19.8 Å². The van der Waals surface area contributed by atoms with Crippen LogP contribution in [0.2, 0.25) is 0 Å². The molecule has 0 saturated heterocycles. The van der Waals surface area contributed by atoms with E-state index in [1.54, 1.807) is 24.2 Å². The summed E-state index contributed by atoms with van der Waals surface area (Å²) in [5.41, 5.74) is 6.73. The van der Waals surface area contributed by atoms with Crippen molar-refractivity contribution in [2.75, 3.05) is 13.6 Å². The van der Waals surface area contributed by atoms with E-state index in [2.05, 4.69) is 6.58 Å². The molecule has 0 bridgehead atoms. The Labute approximate surface area is 84.7 Å². The number of urea groups is 1. The minimum Gasteiger partial charge on any atom is -0.308 e. The van der Waals surface area contributed by atoms with Crippen molar-refractivity contribution < 1.29 is 4.79 Å². The Bertz CT molecular complexity index is 273. The number of nitrogens with zero attached hydrogens (tertiary/aromatic N) is 2. The summed E-state index contributed by atoms with van der Waals surface area (Å²) in [6.07, 6.45) is 4.07. The molecule has 0 aliphatic carbocycles. The van der Waals surface area contributed by atoms with Crippen LogP contribution in [0, 0.1) is 0 Å². The van der Waals surface area contributed by atoms with Gasteiger partial charge >= 0.3 is 6.03 Å². The van der Waals surface area contributed by atoms with Crippen molar-refractivity contribution in [1.29, 1.82) is 0 Å².